The second-order valence-electron chi connectivity index (χ2n) is 5.66. The van der Waals surface area contributed by atoms with Crippen molar-refractivity contribution in [2.24, 2.45) is 7.05 Å². The van der Waals surface area contributed by atoms with E-state index in [9.17, 15) is 9.90 Å². The Bertz CT molecular complexity index is 924. The number of carbonyl (C=O) groups excluding carboxylic acids is 1. The van der Waals surface area contributed by atoms with Crippen LogP contribution in [0.15, 0.2) is 10.6 Å². The zero-order valence-corrected chi connectivity index (χ0v) is 13.3. The van der Waals surface area contributed by atoms with E-state index >= 15 is 0 Å². The second-order valence-corrected chi connectivity index (χ2v) is 6.66. The lowest BCUT2D eigenvalue weighted by Crippen LogP contribution is -2.37. The van der Waals surface area contributed by atoms with E-state index in [-0.39, 0.29) is 5.69 Å². The summed E-state index contributed by atoms with van der Waals surface area (Å²) < 4.78 is 5.65. The summed E-state index contributed by atoms with van der Waals surface area (Å²) in [5, 5.41) is 15.9. The van der Waals surface area contributed by atoms with Crippen LogP contribution < -0.4 is 15.5 Å². The van der Waals surface area contributed by atoms with E-state index in [1.54, 1.807) is 0 Å². The molecule has 3 heterocycles. The molecule has 23 heavy (non-hydrogen) atoms. The van der Waals surface area contributed by atoms with Crippen LogP contribution in [0.25, 0.3) is 10.2 Å². The van der Waals surface area contributed by atoms with Crippen molar-refractivity contribution >= 4 is 33.0 Å². The van der Waals surface area contributed by atoms with Crippen molar-refractivity contribution in [3.63, 3.8) is 0 Å². The number of pyridine rings is 1. The van der Waals surface area contributed by atoms with Gasteiger partial charge in [0.2, 0.25) is 0 Å². The lowest BCUT2D eigenvalue weighted by Gasteiger charge is -2.14. The molecule has 0 atom stereocenters. The number of fused-ring (bicyclic) bond motifs is 2. The van der Waals surface area contributed by atoms with Crippen LogP contribution in [-0.2, 0) is 19.9 Å². The van der Waals surface area contributed by atoms with Crippen molar-refractivity contribution < 1.29 is 19.1 Å². The molecule has 1 aliphatic carbocycles. The molecule has 0 bridgehead atoms. The van der Waals surface area contributed by atoms with E-state index in [0.717, 1.165) is 46.3 Å². The third-order valence-electron chi connectivity index (χ3n) is 4.18. The highest BCUT2D eigenvalue weighted by atomic mass is 32.1. The van der Waals surface area contributed by atoms with Crippen molar-refractivity contribution in [1.29, 1.82) is 0 Å². The summed E-state index contributed by atoms with van der Waals surface area (Å²) in [6, 6.07) is 2.03. The summed E-state index contributed by atoms with van der Waals surface area (Å²) in [4.78, 5) is 18.4. The Hall–Kier alpha value is -2.48. The van der Waals surface area contributed by atoms with Gasteiger partial charge in [0.1, 0.15) is 9.71 Å². The van der Waals surface area contributed by atoms with Crippen molar-refractivity contribution in [2.75, 3.05) is 5.73 Å². The topological polar surface area (TPSA) is 109 Å². The van der Waals surface area contributed by atoms with Crippen LogP contribution in [0.1, 0.15) is 39.5 Å². The molecule has 0 unspecified atom stereocenters. The highest BCUT2D eigenvalue weighted by Gasteiger charge is 2.29. The van der Waals surface area contributed by atoms with E-state index in [4.69, 9.17) is 5.73 Å². The van der Waals surface area contributed by atoms with Crippen LogP contribution in [0.2, 0.25) is 0 Å². The van der Waals surface area contributed by atoms with Crippen LogP contribution in [0.5, 0.6) is 5.95 Å². The Morgan fingerprint density at radius 3 is 2.96 bits per heavy atom. The molecule has 0 fully saturated rings. The molecule has 1 aliphatic rings. The number of aromatic nitrogens is 3. The van der Waals surface area contributed by atoms with Crippen LogP contribution >= 0.6 is 11.3 Å². The number of carbonyl (C=O) groups is 1. The third kappa shape index (κ3) is 2.09. The van der Waals surface area contributed by atoms with Gasteiger partial charge in [0.05, 0.1) is 11.0 Å². The van der Waals surface area contributed by atoms with Crippen molar-refractivity contribution in [1.82, 2.24) is 10.3 Å². The summed E-state index contributed by atoms with van der Waals surface area (Å²) in [7, 11) is 1.48. The maximum Gasteiger partial charge on any atom is 0.305 e. The summed E-state index contributed by atoms with van der Waals surface area (Å²) in [5.41, 5.74) is 8.70. The Kier molecular flexibility index (Phi) is 3.08. The number of thiophene rings is 1. The van der Waals surface area contributed by atoms with E-state index in [1.165, 1.54) is 23.9 Å². The van der Waals surface area contributed by atoms with E-state index in [1.807, 2.05) is 6.07 Å². The molecule has 0 aliphatic heterocycles. The molecule has 7 nitrogen and oxygen atoms in total. The molecular formula is C15H14N4O3S. The van der Waals surface area contributed by atoms with Crippen LogP contribution in [0.3, 0.4) is 0 Å². The third-order valence-corrected chi connectivity index (χ3v) is 5.30. The zero-order chi connectivity index (χ0) is 16.1. The monoisotopic (exact) mass is 330 g/mol. The molecule has 8 heteroatoms. The lowest BCUT2D eigenvalue weighted by atomic mass is 9.95. The number of nitrogen functional groups attached to an aromatic ring is 1. The van der Waals surface area contributed by atoms with Crippen LogP contribution in [0, 0.1) is 0 Å². The van der Waals surface area contributed by atoms with Gasteiger partial charge in [0.25, 0.3) is 5.78 Å². The zero-order valence-electron chi connectivity index (χ0n) is 12.5. The van der Waals surface area contributed by atoms with Gasteiger partial charge in [-0.2, -0.15) is 0 Å². The molecule has 118 valence electrons. The van der Waals surface area contributed by atoms with Crippen molar-refractivity contribution in [2.45, 2.75) is 25.7 Å². The molecule has 0 saturated carbocycles. The van der Waals surface area contributed by atoms with E-state index < -0.39 is 11.7 Å². The molecule has 3 aromatic heterocycles. The lowest BCUT2D eigenvalue weighted by molar-refractivity contribution is -0.741. The quantitative estimate of drug-likeness (QED) is 0.552. The average Bonchev–Trinajstić information content (AvgIpc) is 3.05. The highest BCUT2D eigenvalue weighted by Crippen LogP contribution is 2.36. The van der Waals surface area contributed by atoms with E-state index in [0.29, 0.717) is 10.6 Å². The standard InChI is InChI=1S/C15H14N4O3S/c1-19-11(15(21)22-18-19)12(20)13-10(16)8-6-7-4-2-3-5-9(7)17-14(8)23-13/h6H,2-5H2,1H3,(H2-,16,18,20,21). The maximum absolute atomic E-state index is 12.6. The van der Waals surface area contributed by atoms with E-state index in [2.05, 4.69) is 14.8 Å². The number of nitrogens with two attached hydrogens (primary N) is 1. The Labute approximate surface area is 135 Å². The van der Waals surface area contributed by atoms with Gasteiger partial charge in [-0.05, 0) is 37.3 Å². The fourth-order valence-corrected chi connectivity index (χ4v) is 4.03. The Morgan fingerprint density at radius 2 is 2.22 bits per heavy atom. The Balaban J connectivity index is 1.88. The van der Waals surface area contributed by atoms with Crippen LogP contribution in [0.4, 0.5) is 5.69 Å². The van der Waals surface area contributed by atoms with Gasteiger partial charge in [-0.25, -0.2) is 4.98 Å². The SMILES string of the molecule is C[n+]1noc([O-])c1C(=O)c1sc2nc3c(cc2c1N)CCCC3. The molecule has 0 radical (unpaired) electrons. The summed E-state index contributed by atoms with van der Waals surface area (Å²) in [5.74, 6) is -1.24. The molecule has 0 aromatic carbocycles. The number of ketones is 1. The minimum absolute atomic E-state index is 0.131. The first-order valence-corrected chi connectivity index (χ1v) is 8.16. The van der Waals surface area contributed by atoms with Gasteiger partial charge in [-0.3, -0.25) is 4.79 Å². The largest absolute Gasteiger partial charge is 0.539 e. The predicted octanol–water partition coefficient (Wildman–Crippen LogP) is 0.874. The summed E-state index contributed by atoms with van der Waals surface area (Å²) in [6.07, 6.45) is 4.22. The highest BCUT2D eigenvalue weighted by molar-refractivity contribution is 7.21. The minimum atomic E-state index is -0.762. The molecule has 0 amide bonds. The van der Waals surface area contributed by atoms with Gasteiger partial charge in [-0.1, -0.05) is 4.68 Å². The van der Waals surface area contributed by atoms with Crippen molar-refractivity contribution in [3.05, 3.63) is 27.9 Å². The normalized spacial score (nSPS) is 14.1. The maximum atomic E-state index is 12.6. The first kappa shape index (κ1) is 14.1. The average molecular weight is 330 g/mol. The predicted molar refractivity (Wildman–Crippen MR) is 81.2 cm³/mol. The number of hydrogen-bond acceptors (Lipinski definition) is 7. The van der Waals surface area contributed by atoms with Gasteiger partial charge < -0.3 is 15.4 Å². The first-order chi connectivity index (χ1) is 11.1. The van der Waals surface area contributed by atoms with Crippen LogP contribution in [-0.4, -0.2) is 16.0 Å². The second kappa shape index (κ2) is 5.02. The van der Waals surface area contributed by atoms with Crippen molar-refractivity contribution in [3.8, 4) is 5.95 Å². The fourth-order valence-electron chi connectivity index (χ4n) is 2.99. The summed E-state index contributed by atoms with van der Waals surface area (Å²) in [6.45, 7) is 0. The number of aryl methyl sites for hydroxylation is 3. The Morgan fingerprint density at radius 1 is 1.43 bits per heavy atom. The van der Waals surface area contributed by atoms with Gasteiger partial charge in [-0.15, -0.1) is 11.3 Å². The molecular weight excluding hydrogens is 316 g/mol. The molecule has 0 saturated heterocycles. The molecule has 4 rings (SSSR count). The van der Waals surface area contributed by atoms with Gasteiger partial charge in [0, 0.05) is 11.1 Å². The number of hydrogen-bond donors (Lipinski definition) is 1. The summed E-state index contributed by atoms with van der Waals surface area (Å²) >= 11 is 1.21. The van der Waals surface area contributed by atoms with Gasteiger partial charge in [0.15, 0.2) is 13.0 Å². The minimum Gasteiger partial charge on any atom is -0.539 e. The number of rotatable bonds is 2. The fraction of sp³-hybridized carbons (Fsp3) is 0.333. The molecule has 2 N–H and O–H groups in total. The smallest absolute Gasteiger partial charge is 0.305 e. The first-order valence-electron chi connectivity index (χ1n) is 7.34. The molecule has 0 spiro atoms. The number of nitrogens with zero attached hydrogens (tertiary/aromatic N) is 3. The number of anilines is 1. The van der Waals surface area contributed by atoms with Gasteiger partial charge >= 0.3 is 5.69 Å². The molecule has 3 aromatic rings.